The van der Waals surface area contributed by atoms with Crippen molar-refractivity contribution >= 4 is 0 Å². The van der Waals surface area contributed by atoms with E-state index in [0.717, 1.165) is 32.1 Å². The van der Waals surface area contributed by atoms with E-state index in [-0.39, 0.29) is 6.04 Å². The molecular weight excluding hydrogens is 210 g/mol. The van der Waals surface area contributed by atoms with Gasteiger partial charge in [0.25, 0.3) is 0 Å². The van der Waals surface area contributed by atoms with Crippen molar-refractivity contribution in [1.82, 2.24) is 0 Å². The lowest BCUT2D eigenvalue weighted by Gasteiger charge is -2.35. The van der Waals surface area contributed by atoms with Crippen LogP contribution in [0.1, 0.15) is 42.4 Å². The maximum absolute atomic E-state index is 10.6. The van der Waals surface area contributed by atoms with Crippen molar-refractivity contribution in [3.05, 3.63) is 34.9 Å². The topological polar surface area (TPSA) is 46.2 Å². The molecule has 2 rings (SSSR count). The minimum Gasteiger partial charge on any atom is -0.389 e. The second-order valence-electron chi connectivity index (χ2n) is 5.68. The molecule has 17 heavy (non-hydrogen) atoms. The van der Waals surface area contributed by atoms with E-state index in [9.17, 15) is 5.11 Å². The fraction of sp³-hybridized carbons (Fsp3) is 0.600. The molecule has 0 heterocycles. The number of rotatable bonds is 2. The van der Waals surface area contributed by atoms with Crippen LogP contribution in [0.3, 0.4) is 0 Å². The van der Waals surface area contributed by atoms with Crippen LogP contribution in [0.5, 0.6) is 0 Å². The van der Waals surface area contributed by atoms with Crippen LogP contribution >= 0.6 is 0 Å². The molecule has 0 amide bonds. The Morgan fingerprint density at radius 3 is 2.76 bits per heavy atom. The number of hydrogen-bond donors (Lipinski definition) is 2. The Hall–Kier alpha value is -0.860. The maximum Gasteiger partial charge on any atom is 0.0702 e. The second kappa shape index (κ2) is 4.79. The SMILES string of the molecule is Cc1ccc(CC2(O)CCCC(N)C2)cc1C. The molecule has 2 atom stereocenters. The molecule has 3 N–H and O–H groups in total. The van der Waals surface area contributed by atoms with E-state index in [2.05, 4.69) is 32.0 Å². The van der Waals surface area contributed by atoms with Gasteiger partial charge in [-0.05, 0) is 56.2 Å². The normalized spacial score (nSPS) is 29.3. The minimum atomic E-state index is -0.584. The maximum atomic E-state index is 10.6. The third-order valence-electron chi connectivity index (χ3n) is 3.96. The van der Waals surface area contributed by atoms with Crippen LogP contribution in [0.15, 0.2) is 18.2 Å². The number of hydrogen-bond acceptors (Lipinski definition) is 2. The molecular formula is C15H23NO. The van der Waals surface area contributed by atoms with Gasteiger partial charge in [0.1, 0.15) is 0 Å². The van der Waals surface area contributed by atoms with Gasteiger partial charge in [-0.25, -0.2) is 0 Å². The smallest absolute Gasteiger partial charge is 0.0702 e. The number of nitrogens with two attached hydrogens (primary N) is 1. The van der Waals surface area contributed by atoms with Crippen molar-refractivity contribution in [1.29, 1.82) is 0 Å². The van der Waals surface area contributed by atoms with Gasteiger partial charge < -0.3 is 10.8 Å². The summed E-state index contributed by atoms with van der Waals surface area (Å²) in [6.07, 6.45) is 4.45. The monoisotopic (exact) mass is 233 g/mol. The first-order valence-electron chi connectivity index (χ1n) is 6.53. The standard InChI is InChI=1S/C15H23NO/c1-11-5-6-13(8-12(11)2)9-15(17)7-3-4-14(16)10-15/h5-6,8,14,17H,3-4,7,9-10,16H2,1-2H3. The molecule has 0 saturated heterocycles. The molecule has 1 aromatic rings. The third kappa shape index (κ3) is 3.08. The molecule has 2 heteroatoms. The molecule has 1 aliphatic carbocycles. The van der Waals surface area contributed by atoms with Crippen LogP contribution in [0.2, 0.25) is 0 Å². The predicted molar refractivity (Wildman–Crippen MR) is 71.0 cm³/mol. The Morgan fingerprint density at radius 2 is 2.12 bits per heavy atom. The molecule has 1 aliphatic rings. The summed E-state index contributed by atoms with van der Waals surface area (Å²) in [5.74, 6) is 0. The molecule has 0 bridgehead atoms. The fourth-order valence-electron chi connectivity index (χ4n) is 2.84. The van der Waals surface area contributed by atoms with Crippen LogP contribution in [0, 0.1) is 13.8 Å². The summed E-state index contributed by atoms with van der Waals surface area (Å²) in [6.45, 7) is 4.24. The van der Waals surface area contributed by atoms with E-state index in [1.54, 1.807) is 0 Å². The molecule has 1 fully saturated rings. The third-order valence-corrected chi connectivity index (χ3v) is 3.96. The average molecular weight is 233 g/mol. The zero-order valence-electron chi connectivity index (χ0n) is 10.9. The minimum absolute atomic E-state index is 0.167. The van der Waals surface area contributed by atoms with Crippen molar-refractivity contribution in [2.75, 3.05) is 0 Å². The number of aliphatic hydroxyl groups is 1. The van der Waals surface area contributed by atoms with E-state index in [0.29, 0.717) is 0 Å². The Morgan fingerprint density at radius 1 is 1.35 bits per heavy atom. The Kier molecular flexibility index (Phi) is 3.55. The quantitative estimate of drug-likeness (QED) is 0.824. The molecule has 1 saturated carbocycles. The van der Waals surface area contributed by atoms with Gasteiger partial charge >= 0.3 is 0 Å². The molecule has 1 aromatic carbocycles. The predicted octanol–water partition coefficient (Wildman–Crippen LogP) is 2.48. The van der Waals surface area contributed by atoms with Crippen LogP contribution < -0.4 is 5.73 Å². The van der Waals surface area contributed by atoms with Crippen molar-refractivity contribution in [2.45, 2.75) is 57.6 Å². The molecule has 0 aromatic heterocycles. The Balaban J connectivity index is 2.11. The molecule has 2 nitrogen and oxygen atoms in total. The second-order valence-corrected chi connectivity index (χ2v) is 5.68. The summed E-state index contributed by atoms with van der Waals surface area (Å²) in [5.41, 5.74) is 9.20. The Labute approximate surface area is 104 Å². The first-order chi connectivity index (χ1) is 7.98. The highest BCUT2D eigenvalue weighted by Crippen LogP contribution is 2.31. The van der Waals surface area contributed by atoms with Crippen molar-refractivity contribution in [2.24, 2.45) is 5.73 Å². The molecule has 2 unspecified atom stereocenters. The van der Waals surface area contributed by atoms with Crippen molar-refractivity contribution in [3.63, 3.8) is 0 Å². The fourth-order valence-corrected chi connectivity index (χ4v) is 2.84. The zero-order valence-corrected chi connectivity index (χ0v) is 10.9. The largest absolute Gasteiger partial charge is 0.389 e. The lowest BCUT2D eigenvalue weighted by atomic mass is 9.78. The first-order valence-corrected chi connectivity index (χ1v) is 6.53. The molecule has 0 radical (unpaired) electrons. The number of aryl methyl sites for hydroxylation is 2. The molecule has 0 spiro atoms. The lowest BCUT2D eigenvalue weighted by Crippen LogP contribution is -2.42. The summed E-state index contributed by atoms with van der Waals surface area (Å²) in [6, 6.07) is 6.62. The van der Waals surface area contributed by atoms with Gasteiger partial charge in [0.15, 0.2) is 0 Å². The first kappa shape index (κ1) is 12.6. The summed E-state index contributed by atoms with van der Waals surface area (Å²) < 4.78 is 0. The van der Waals surface area contributed by atoms with Gasteiger partial charge in [0.05, 0.1) is 5.60 Å². The summed E-state index contributed by atoms with van der Waals surface area (Å²) in [5, 5.41) is 10.6. The van der Waals surface area contributed by atoms with E-state index < -0.39 is 5.60 Å². The number of benzene rings is 1. The van der Waals surface area contributed by atoms with E-state index in [4.69, 9.17) is 5.73 Å². The highest BCUT2D eigenvalue weighted by atomic mass is 16.3. The van der Waals surface area contributed by atoms with Gasteiger partial charge in [-0.3, -0.25) is 0 Å². The van der Waals surface area contributed by atoms with Gasteiger partial charge in [-0.2, -0.15) is 0 Å². The Bertz CT molecular complexity index is 402. The van der Waals surface area contributed by atoms with E-state index in [1.165, 1.54) is 16.7 Å². The van der Waals surface area contributed by atoms with E-state index in [1.807, 2.05) is 0 Å². The summed E-state index contributed by atoms with van der Waals surface area (Å²) >= 11 is 0. The lowest BCUT2D eigenvalue weighted by molar-refractivity contribution is -0.00191. The van der Waals surface area contributed by atoms with Crippen LogP contribution in [-0.4, -0.2) is 16.7 Å². The van der Waals surface area contributed by atoms with E-state index >= 15 is 0 Å². The van der Waals surface area contributed by atoms with Gasteiger partial charge in [0.2, 0.25) is 0 Å². The van der Waals surface area contributed by atoms with Gasteiger partial charge in [0, 0.05) is 12.5 Å². The zero-order chi connectivity index (χ0) is 12.5. The average Bonchev–Trinajstić information content (AvgIpc) is 2.22. The molecule has 0 aliphatic heterocycles. The van der Waals surface area contributed by atoms with Crippen LogP contribution in [0.25, 0.3) is 0 Å². The van der Waals surface area contributed by atoms with Crippen molar-refractivity contribution < 1.29 is 5.11 Å². The highest BCUT2D eigenvalue weighted by molar-refractivity contribution is 5.30. The van der Waals surface area contributed by atoms with Crippen molar-refractivity contribution in [3.8, 4) is 0 Å². The van der Waals surface area contributed by atoms with Crippen LogP contribution in [0.4, 0.5) is 0 Å². The summed E-state index contributed by atoms with van der Waals surface area (Å²) in [7, 11) is 0. The van der Waals surface area contributed by atoms with Gasteiger partial charge in [-0.1, -0.05) is 18.2 Å². The van der Waals surface area contributed by atoms with Crippen LogP contribution in [-0.2, 0) is 6.42 Å². The summed E-state index contributed by atoms with van der Waals surface area (Å²) in [4.78, 5) is 0. The highest BCUT2D eigenvalue weighted by Gasteiger charge is 2.32. The van der Waals surface area contributed by atoms with Gasteiger partial charge in [-0.15, -0.1) is 0 Å². The molecule has 94 valence electrons.